The van der Waals surface area contributed by atoms with Gasteiger partial charge >= 0.3 is 0 Å². The number of carbonyl (C=O) groups is 2. The number of aliphatic hydroxyl groups excluding tert-OH is 1. The summed E-state index contributed by atoms with van der Waals surface area (Å²) < 4.78 is 18.7. The van der Waals surface area contributed by atoms with Crippen LogP contribution in [-0.2, 0) is 0 Å². The van der Waals surface area contributed by atoms with Crippen molar-refractivity contribution in [3.8, 4) is 5.75 Å². The topological polar surface area (TPSA) is 87.7 Å². The summed E-state index contributed by atoms with van der Waals surface area (Å²) in [7, 11) is 1.49. The van der Waals surface area contributed by atoms with E-state index < -0.39 is 12.8 Å². The molecule has 0 saturated heterocycles. The van der Waals surface area contributed by atoms with E-state index >= 15 is 0 Å². The normalized spacial score (nSPS) is 27.2. The van der Waals surface area contributed by atoms with Crippen molar-refractivity contribution in [1.29, 1.82) is 0 Å². The molecule has 1 aliphatic carbocycles. The van der Waals surface area contributed by atoms with Gasteiger partial charge in [0.1, 0.15) is 18.5 Å². The fourth-order valence-corrected chi connectivity index (χ4v) is 3.05. The quantitative estimate of drug-likeness (QED) is 0.748. The second-order valence-corrected chi connectivity index (χ2v) is 6.38. The molecule has 1 aromatic rings. The Morgan fingerprint density at radius 2 is 2.12 bits per heavy atom. The van der Waals surface area contributed by atoms with Crippen molar-refractivity contribution < 1.29 is 23.8 Å². The van der Waals surface area contributed by atoms with Crippen molar-refractivity contribution in [1.82, 2.24) is 10.6 Å². The van der Waals surface area contributed by atoms with E-state index in [4.69, 9.17) is 9.84 Å². The van der Waals surface area contributed by atoms with Crippen molar-refractivity contribution in [3.63, 3.8) is 0 Å². The molecule has 2 aliphatic rings. The van der Waals surface area contributed by atoms with Gasteiger partial charge in [0.2, 0.25) is 0 Å². The van der Waals surface area contributed by atoms with Crippen molar-refractivity contribution in [2.24, 2.45) is 5.92 Å². The van der Waals surface area contributed by atoms with E-state index in [1.807, 2.05) is 6.92 Å². The molecule has 1 aromatic carbocycles. The van der Waals surface area contributed by atoms with Gasteiger partial charge in [-0.3, -0.25) is 9.59 Å². The molecular formula is C17H21FN2O4. The second kappa shape index (κ2) is 6.39. The van der Waals surface area contributed by atoms with Crippen LogP contribution in [-0.4, -0.2) is 49.4 Å². The van der Waals surface area contributed by atoms with Gasteiger partial charge < -0.3 is 20.5 Å². The number of hydrogen-bond donors (Lipinski definition) is 3. The van der Waals surface area contributed by atoms with Crippen molar-refractivity contribution in [2.45, 2.75) is 31.4 Å². The van der Waals surface area contributed by atoms with Gasteiger partial charge in [-0.2, -0.15) is 0 Å². The van der Waals surface area contributed by atoms with E-state index in [1.54, 1.807) is 6.07 Å². The minimum absolute atomic E-state index is 0.0357. The van der Waals surface area contributed by atoms with E-state index in [9.17, 15) is 14.0 Å². The van der Waals surface area contributed by atoms with E-state index in [1.165, 1.54) is 13.1 Å². The van der Waals surface area contributed by atoms with E-state index in [0.717, 1.165) is 6.42 Å². The van der Waals surface area contributed by atoms with E-state index in [-0.39, 0.29) is 41.9 Å². The van der Waals surface area contributed by atoms with Gasteiger partial charge in [0, 0.05) is 42.7 Å². The molecule has 130 valence electrons. The highest BCUT2D eigenvalue weighted by atomic mass is 19.1. The highest BCUT2D eigenvalue weighted by Crippen LogP contribution is 2.41. The Labute approximate surface area is 139 Å². The summed E-state index contributed by atoms with van der Waals surface area (Å²) in [5.41, 5.74) is 1.24. The molecule has 1 heterocycles. The fraction of sp³-hybridized carbons (Fsp3) is 0.529. The number of halogens is 1. The third-order valence-corrected chi connectivity index (χ3v) is 4.79. The first-order valence-electron chi connectivity index (χ1n) is 8.04. The van der Waals surface area contributed by atoms with Crippen molar-refractivity contribution in [3.05, 3.63) is 28.8 Å². The first kappa shape index (κ1) is 16.7. The highest BCUT2D eigenvalue weighted by Gasteiger charge is 2.39. The van der Waals surface area contributed by atoms with Gasteiger partial charge in [-0.25, -0.2) is 4.39 Å². The summed E-state index contributed by atoms with van der Waals surface area (Å²) in [6.07, 6.45) is 0.0998. The monoisotopic (exact) mass is 336 g/mol. The Kier molecular flexibility index (Phi) is 4.45. The smallest absolute Gasteiger partial charge is 0.254 e. The maximum absolute atomic E-state index is 13.1. The van der Waals surface area contributed by atoms with Crippen LogP contribution in [0, 0.1) is 5.92 Å². The average molecular weight is 336 g/mol. The zero-order valence-corrected chi connectivity index (χ0v) is 13.6. The maximum atomic E-state index is 13.1. The van der Waals surface area contributed by atoms with Crippen molar-refractivity contribution >= 4 is 11.8 Å². The molecule has 3 rings (SSSR count). The Balaban J connectivity index is 1.93. The molecule has 1 saturated carbocycles. The largest absolute Gasteiger partial charge is 0.486 e. The van der Waals surface area contributed by atoms with Gasteiger partial charge in [-0.1, -0.05) is 6.92 Å². The molecule has 1 aliphatic heterocycles. The van der Waals surface area contributed by atoms with Crippen LogP contribution in [0.15, 0.2) is 12.1 Å². The van der Waals surface area contributed by atoms with Crippen molar-refractivity contribution in [2.75, 3.05) is 20.3 Å². The van der Waals surface area contributed by atoms with Gasteiger partial charge in [-0.15, -0.1) is 0 Å². The van der Waals surface area contributed by atoms with Gasteiger partial charge in [0.15, 0.2) is 0 Å². The predicted octanol–water partition coefficient (Wildman–Crippen LogP) is 0.991. The second-order valence-electron chi connectivity index (χ2n) is 6.38. The van der Waals surface area contributed by atoms with Crippen LogP contribution < -0.4 is 15.4 Å². The summed E-state index contributed by atoms with van der Waals surface area (Å²) in [4.78, 5) is 24.6. The molecule has 24 heavy (non-hydrogen) atoms. The zero-order valence-electron chi connectivity index (χ0n) is 13.6. The summed E-state index contributed by atoms with van der Waals surface area (Å²) >= 11 is 0. The summed E-state index contributed by atoms with van der Waals surface area (Å²) in [5.74, 6) is -0.486. The van der Waals surface area contributed by atoms with Crippen LogP contribution in [0.3, 0.4) is 0 Å². The van der Waals surface area contributed by atoms with Gasteiger partial charge in [-0.05, 0) is 18.6 Å². The number of aliphatic hydroxyl groups is 1. The minimum Gasteiger partial charge on any atom is -0.486 e. The lowest BCUT2D eigenvalue weighted by atomic mass is 9.94. The SMILES string of the molecule is CNC(=O)c1cc(C(=O)N[C@H]2C[C@@H]2CO)cc2c1O[C@H](CF)[C@H]2C. The summed E-state index contributed by atoms with van der Waals surface area (Å²) in [6, 6.07) is 3.09. The van der Waals surface area contributed by atoms with Crippen LogP contribution in [0.1, 0.15) is 45.5 Å². The molecule has 0 bridgehead atoms. The zero-order chi connectivity index (χ0) is 17.4. The van der Waals surface area contributed by atoms with Crippen LogP contribution in [0.25, 0.3) is 0 Å². The lowest BCUT2D eigenvalue weighted by molar-refractivity contribution is 0.0947. The van der Waals surface area contributed by atoms with Crippen LogP contribution in [0.4, 0.5) is 4.39 Å². The molecule has 2 amide bonds. The Bertz CT molecular complexity index is 679. The molecule has 0 radical (unpaired) electrons. The molecule has 7 heteroatoms. The molecule has 4 atom stereocenters. The Morgan fingerprint density at radius 3 is 2.71 bits per heavy atom. The number of ether oxygens (including phenoxy) is 1. The molecule has 0 spiro atoms. The Hall–Kier alpha value is -2.15. The van der Waals surface area contributed by atoms with Crippen LogP contribution in [0.2, 0.25) is 0 Å². The number of rotatable bonds is 5. The predicted molar refractivity (Wildman–Crippen MR) is 85.1 cm³/mol. The number of alkyl halides is 1. The standard InChI is InChI=1S/C17H21FN2O4/c1-8-11-3-9(16(22)20-13-5-10(13)7-21)4-12(17(23)19-2)15(11)24-14(8)6-18/h3-4,8,10,13-14,21H,5-7H2,1-2H3,(H,19,23)(H,20,22)/t8-,10+,13-,14+/m0/s1. The third kappa shape index (κ3) is 2.84. The number of carbonyl (C=O) groups excluding carboxylic acids is 2. The van der Waals surface area contributed by atoms with E-state index in [2.05, 4.69) is 10.6 Å². The highest BCUT2D eigenvalue weighted by molar-refractivity contribution is 6.02. The summed E-state index contributed by atoms with van der Waals surface area (Å²) in [6.45, 7) is 1.20. The van der Waals surface area contributed by atoms with Gasteiger partial charge in [0.05, 0.1) is 5.56 Å². The number of benzene rings is 1. The van der Waals surface area contributed by atoms with Crippen LogP contribution >= 0.6 is 0 Å². The minimum atomic E-state index is -0.662. The first-order chi connectivity index (χ1) is 11.5. The average Bonchev–Trinajstić information content (AvgIpc) is 3.27. The fourth-order valence-electron chi connectivity index (χ4n) is 3.05. The number of hydrogen-bond acceptors (Lipinski definition) is 4. The summed E-state index contributed by atoms with van der Waals surface area (Å²) in [5, 5.41) is 14.4. The first-order valence-corrected chi connectivity index (χ1v) is 8.04. The number of amides is 2. The van der Waals surface area contributed by atoms with Crippen LogP contribution in [0.5, 0.6) is 5.75 Å². The molecule has 6 nitrogen and oxygen atoms in total. The lowest BCUT2D eigenvalue weighted by Gasteiger charge is -2.11. The van der Waals surface area contributed by atoms with E-state index in [0.29, 0.717) is 16.9 Å². The molecular weight excluding hydrogens is 315 g/mol. The number of fused-ring (bicyclic) bond motifs is 1. The molecule has 0 unspecified atom stereocenters. The Morgan fingerprint density at radius 1 is 1.38 bits per heavy atom. The molecule has 3 N–H and O–H groups in total. The lowest BCUT2D eigenvalue weighted by Crippen LogP contribution is -2.28. The van der Waals surface area contributed by atoms with Gasteiger partial charge in [0.25, 0.3) is 11.8 Å². The molecule has 0 aromatic heterocycles. The number of nitrogens with one attached hydrogen (secondary N) is 2. The maximum Gasteiger partial charge on any atom is 0.254 e. The molecule has 1 fully saturated rings. The third-order valence-electron chi connectivity index (χ3n) is 4.79.